The summed E-state index contributed by atoms with van der Waals surface area (Å²) in [4.78, 5) is 0. The molecule has 0 heteroatoms. The van der Waals surface area contributed by atoms with Crippen LogP contribution in [0, 0.1) is 0 Å². The smallest absolute Gasteiger partial charge is 0.00201 e. The molecule has 0 fully saturated rings. The van der Waals surface area contributed by atoms with Gasteiger partial charge in [0.2, 0.25) is 0 Å². The average molecular weight is 635 g/mol. The van der Waals surface area contributed by atoms with Crippen molar-refractivity contribution in [3.8, 4) is 44.5 Å². The zero-order valence-electron chi connectivity index (χ0n) is 28.2. The van der Waals surface area contributed by atoms with Gasteiger partial charge in [-0.25, -0.2) is 0 Å². The van der Waals surface area contributed by atoms with Crippen molar-refractivity contribution in [1.29, 1.82) is 0 Å². The first-order chi connectivity index (χ1) is 24.8. The second kappa shape index (κ2) is 11.2. The van der Waals surface area contributed by atoms with E-state index >= 15 is 0 Å². The number of rotatable bonds is 2. The standard InChI is InChI=1S/C48H28.C2H6/c1-2-13-32-29(11-1)23-24-31-27-30-12-9-20-41(45(30)28-44(31)32)47-36-16-5-7-18-38(36)48(39-19-8-6-17-37(39)47)43-26-25-42-34-15-4-3-14-33(34)35-21-10-22-40(43)46(35)42;1-2/h1-28H;1-2H3. The molecule has 0 nitrogen and oxygen atoms in total. The molecule has 50 heavy (non-hydrogen) atoms. The van der Waals surface area contributed by atoms with Gasteiger partial charge in [-0.1, -0.05) is 172 Å². The first-order valence-corrected chi connectivity index (χ1v) is 17.8. The van der Waals surface area contributed by atoms with E-state index in [1.807, 2.05) is 13.8 Å². The summed E-state index contributed by atoms with van der Waals surface area (Å²) in [5.74, 6) is 0. The quantitative estimate of drug-likeness (QED) is 0.131. The molecule has 0 N–H and O–H groups in total. The Hall–Kier alpha value is -6.24. The van der Waals surface area contributed by atoms with E-state index in [-0.39, 0.29) is 0 Å². The molecule has 0 saturated carbocycles. The molecule has 11 rings (SSSR count). The van der Waals surface area contributed by atoms with Gasteiger partial charge in [-0.05, 0) is 121 Å². The number of hydrogen-bond acceptors (Lipinski definition) is 0. The van der Waals surface area contributed by atoms with Crippen LogP contribution in [0.4, 0.5) is 0 Å². The van der Waals surface area contributed by atoms with E-state index in [0.29, 0.717) is 0 Å². The molecular weight excluding hydrogens is 601 g/mol. The zero-order valence-corrected chi connectivity index (χ0v) is 28.2. The minimum Gasteiger partial charge on any atom is -0.0683 e. The third-order valence-corrected chi connectivity index (χ3v) is 10.8. The summed E-state index contributed by atoms with van der Waals surface area (Å²) in [6.45, 7) is 4.00. The molecule has 0 radical (unpaired) electrons. The highest BCUT2D eigenvalue weighted by atomic mass is 14.3. The molecule has 10 aromatic rings. The van der Waals surface area contributed by atoms with Crippen molar-refractivity contribution in [3.05, 3.63) is 170 Å². The SMILES string of the molecule is CC.c1ccc2c(c1)-c1cccc3c(-c4c5ccccc5c(-c5cccc6cc7ccc8ccccc8c7cc56)c5ccccc45)ccc-2c13. The van der Waals surface area contributed by atoms with E-state index in [4.69, 9.17) is 0 Å². The van der Waals surface area contributed by atoms with Crippen molar-refractivity contribution >= 4 is 64.6 Å². The molecule has 0 amide bonds. The molecule has 0 bridgehead atoms. The Balaban J connectivity index is 0.00000156. The summed E-state index contributed by atoms with van der Waals surface area (Å²) in [5.41, 5.74) is 10.5. The second-order valence-corrected chi connectivity index (χ2v) is 13.2. The van der Waals surface area contributed by atoms with E-state index in [0.717, 1.165) is 0 Å². The lowest BCUT2D eigenvalue weighted by molar-refractivity contribution is 1.50. The lowest BCUT2D eigenvalue weighted by Crippen LogP contribution is -1.92. The summed E-state index contributed by atoms with van der Waals surface area (Å²) in [7, 11) is 0. The van der Waals surface area contributed by atoms with Gasteiger partial charge >= 0.3 is 0 Å². The summed E-state index contributed by atoms with van der Waals surface area (Å²) in [6, 6.07) is 63.3. The van der Waals surface area contributed by atoms with Gasteiger partial charge in [0, 0.05) is 0 Å². The molecule has 0 unspecified atom stereocenters. The fourth-order valence-corrected chi connectivity index (χ4v) is 8.73. The van der Waals surface area contributed by atoms with Gasteiger partial charge in [0.15, 0.2) is 0 Å². The first-order valence-electron chi connectivity index (χ1n) is 17.8. The van der Waals surface area contributed by atoms with Crippen LogP contribution in [-0.2, 0) is 0 Å². The van der Waals surface area contributed by atoms with Crippen LogP contribution in [0.2, 0.25) is 0 Å². The van der Waals surface area contributed by atoms with E-state index < -0.39 is 0 Å². The molecule has 0 saturated heterocycles. The van der Waals surface area contributed by atoms with Crippen LogP contribution in [0.15, 0.2) is 170 Å². The second-order valence-electron chi connectivity index (χ2n) is 13.2. The van der Waals surface area contributed by atoms with Gasteiger partial charge in [0.05, 0.1) is 0 Å². The number of benzene rings is 10. The van der Waals surface area contributed by atoms with Gasteiger partial charge in [-0.2, -0.15) is 0 Å². The topological polar surface area (TPSA) is 0 Å². The van der Waals surface area contributed by atoms with Gasteiger partial charge in [0.25, 0.3) is 0 Å². The third-order valence-electron chi connectivity index (χ3n) is 10.8. The first kappa shape index (κ1) is 28.7. The Morgan fingerprint density at radius 1 is 0.240 bits per heavy atom. The highest BCUT2D eigenvalue weighted by Gasteiger charge is 2.24. The van der Waals surface area contributed by atoms with Crippen molar-refractivity contribution < 1.29 is 0 Å². The molecule has 0 aromatic heterocycles. The highest BCUT2D eigenvalue weighted by Crippen LogP contribution is 2.52. The predicted octanol–water partition coefficient (Wildman–Crippen LogP) is 14.6. The average Bonchev–Trinajstić information content (AvgIpc) is 3.52. The van der Waals surface area contributed by atoms with Crippen LogP contribution >= 0.6 is 0 Å². The minimum atomic E-state index is 1.26. The molecule has 1 aliphatic carbocycles. The van der Waals surface area contributed by atoms with E-state index in [1.54, 1.807) is 0 Å². The largest absolute Gasteiger partial charge is 0.0683 e. The van der Waals surface area contributed by atoms with Crippen LogP contribution in [0.1, 0.15) is 13.8 Å². The molecule has 0 aliphatic heterocycles. The molecular formula is C50H34. The Bertz CT molecular complexity index is 2910. The van der Waals surface area contributed by atoms with E-state index in [2.05, 4.69) is 170 Å². The summed E-state index contributed by atoms with van der Waals surface area (Å²) < 4.78 is 0. The lowest BCUT2D eigenvalue weighted by atomic mass is 9.83. The van der Waals surface area contributed by atoms with E-state index in [1.165, 1.54) is 109 Å². The highest BCUT2D eigenvalue weighted by molar-refractivity contribution is 6.28. The third kappa shape index (κ3) is 4.00. The molecule has 0 spiro atoms. The molecule has 1 aliphatic rings. The van der Waals surface area contributed by atoms with Crippen LogP contribution in [0.5, 0.6) is 0 Å². The summed E-state index contributed by atoms with van der Waals surface area (Å²) in [5, 5.41) is 15.5. The van der Waals surface area contributed by atoms with E-state index in [9.17, 15) is 0 Å². The number of hydrogen-bond donors (Lipinski definition) is 0. The molecule has 0 heterocycles. The number of fused-ring (bicyclic) bond motifs is 9. The van der Waals surface area contributed by atoms with Crippen molar-refractivity contribution in [2.24, 2.45) is 0 Å². The van der Waals surface area contributed by atoms with Crippen molar-refractivity contribution in [1.82, 2.24) is 0 Å². The normalized spacial score (nSPS) is 11.8. The van der Waals surface area contributed by atoms with Crippen LogP contribution in [0.25, 0.3) is 109 Å². The summed E-state index contributed by atoms with van der Waals surface area (Å²) >= 11 is 0. The van der Waals surface area contributed by atoms with Crippen LogP contribution < -0.4 is 0 Å². The molecule has 0 atom stereocenters. The van der Waals surface area contributed by atoms with Crippen LogP contribution in [0.3, 0.4) is 0 Å². The van der Waals surface area contributed by atoms with Crippen molar-refractivity contribution in [3.63, 3.8) is 0 Å². The molecule has 234 valence electrons. The lowest BCUT2D eigenvalue weighted by Gasteiger charge is -2.20. The Labute approximate surface area is 291 Å². The minimum absolute atomic E-state index is 1.26. The maximum absolute atomic E-state index is 2.43. The van der Waals surface area contributed by atoms with Crippen LogP contribution in [-0.4, -0.2) is 0 Å². The fourth-order valence-electron chi connectivity index (χ4n) is 8.73. The Morgan fingerprint density at radius 3 is 1.34 bits per heavy atom. The summed E-state index contributed by atoms with van der Waals surface area (Å²) in [6.07, 6.45) is 0. The van der Waals surface area contributed by atoms with Gasteiger partial charge in [-0.3, -0.25) is 0 Å². The zero-order chi connectivity index (χ0) is 33.3. The maximum Gasteiger partial charge on any atom is -0.00201 e. The molecule has 10 aromatic carbocycles. The van der Waals surface area contributed by atoms with Crippen molar-refractivity contribution in [2.75, 3.05) is 0 Å². The van der Waals surface area contributed by atoms with Gasteiger partial charge in [0.1, 0.15) is 0 Å². The van der Waals surface area contributed by atoms with Crippen molar-refractivity contribution in [2.45, 2.75) is 13.8 Å². The predicted molar refractivity (Wildman–Crippen MR) is 218 cm³/mol. The Kier molecular flexibility index (Phi) is 6.41. The monoisotopic (exact) mass is 634 g/mol. The Morgan fingerprint density at radius 2 is 0.660 bits per heavy atom. The maximum atomic E-state index is 2.43. The van der Waals surface area contributed by atoms with Gasteiger partial charge < -0.3 is 0 Å². The van der Waals surface area contributed by atoms with Gasteiger partial charge in [-0.15, -0.1) is 0 Å². The fraction of sp³-hybridized carbons (Fsp3) is 0.0400.